The van der Waals surface area contributed by atoms with Crippen molar-refractivity contribution in [2.45, 2.75) is 40.5 Å². The fraction of sp³-hybridized carbons (Fsp3) is 0.385. The lowest BCUT2D eigenvalue weighted by Gasteiger charge is -2.24. The Morgan fingerprint density at radius 2 is 1.72 bits per heavy atom. The van der Waals surface area contributed by atoms with E-state index in [0.717, 1.165) is 17.7 Å². The maximum Gasteiger partial charge on any atom is 0.423 e. The molecule has 0 unspecified atom stereocenters. The minimum atomic E-state index is -0.979. The summed E-state index contributed by atoms with van der Waals surface area (Å²) in [5, 5.41) is 18.7. The number of aryl methyl sites for hydroxylation is 2. The van der Waals surface area contributed by atoms with Crippen molar-refractivity contribution in [2.24, 2.45) is 0 Å². The van der Waals surface area contributed by atoms with Crippen LogP contribution < -0.4 is 15.5 Å². The number of hydrogen-bond donors (Lipinski definition) is 3. The lowest BCUT2D eigenvalue weighted by molar-refractivity contribution is -0.154. The zero-order valence-electron chi connectivity index (χ0n) is 22.3. The number of benzene rings is 1. The maximum atomic E-state index is 13.5. The number of aliphatic hydroxyl groups is 1. The molecular weight excluding hydrogens is 508 g/mol. The monoisotopic (exact) mass is 540 g/mol. The summed E-state index contributed by atoms with van der Waals surface area (Å²) in [6.07, 6.45) is 3.28. The minimum Gasteiger partial charge on any atom is -0.426 e. The average Bonchev–Trinajstić information content (AvgIpc) is 3.28. The third-order valence-corrected chi connectivity index (χ3v) is 5.76. The predicted octanol–water partition coefficient (Wildman–Crippen LogP) is 2.39. The van der Waals surface area contributed by atoms with Gasteiger partial charge in [0.2, 0.25) is 6.79 Å². The Morgan fingerprint density at radius 3 is 2.38 bits per heavy atom. The van der Waals surface area contributed by atoms with Crippen molar-refractivity contribution in [3.63, 3.8) is 0 Å². The van der Waals surface area contributed by atoms with Crippen LogP contribution in [-0.4, -0.2) is 70.1 Å². The fourth-order valence-electron chi connectivity index (χ4n) is 3.75. The first-order chi connectivity index (χ1) is 18.7. The van der Waals surface area contributed by atoms with Gasteiger partial charge < -0.3 is 25.2 Å². The molecule has 0 aliphatic rings. The van der Waals surface area contributed by atoms with Gasteiger partial charge in [0.05, 0.1) is 11.3 Å². The molecule has 2 heterocycles. The van der Waals surface area contributed by atoms with Crippen LogP contribution in [0.25, 0.3) is 5.52 Å². The van der Waals surface area contributed by atoms with Crippen LogP contribution >= 0.6 is 0 Å². The highest BCUT2D eigenvalue weighted by molar-refractivity contribution is 6.04. The summed E-state index contributed by atoms with van der Waals surface area (Å²) in [5.74, 6) is -1.54. The number of amides is 3. The summed E-state index contributed by atoms with van der Waals surface area (Å²) in [6, 6.07) is 4.83. The number of nitrogens with zero attached hydrogens (tertiary/aromatic N) is 4. The topological polar surface area (TPSA) is 164 Å². The SMILES string of the molecule is CCCNC(=O)c1ccc(C)c(N(C(=O)OCOC(=O)CO)c2ncnn3cc(C(=O)NCCC)c(C)c23)c1. The van der Waals surface area contributed by atoms with E-state index in [1.807, 2.05) is 13.8 Å². The summed E-state index contributed by atoms with van der Waals surface area (Å²) in [5.41, 5.74) is 2.39. The van der Waals surface area contributed by atoms with Gasteiger partial charge in [-0.05, 0) is 49.9 Å². The van der Waals surface area contributed by atoms with Crippen LogP contribution in [0.5, 0.6) is 0 Å². The lowest BCUT2D eigenvalue weighted by Crippen LogP contribution is -2.31. The van der Waals surface area contributed by atoms with Crippen molar-refractivity contribution < 1.29 is 33.8 Å². The second-order valence-corrected chi connectivity index (χ2v) is 8.60. The number of anilines is 2. The zero-order valence-corrected chi connectivity index (χ0v) is 22.3. The molecule has 0 aliphatic carbocycles. The van der Waals surface area contributed by atoms with Crippen LogP contribution in [0.3, 0.4) is 0 Å². The molecule has 0 saturated carbocycles. The fourth-order valence-corrected chi connectivity index (χ4v) is 3.75. The third kappa shape index (κ3) is 6.68. The number of aromatic nitrogens is 3. The van der Waals surface area contributed by atoms with Crippen molar-refractivity contribution in [2.75, 3.05) is 31.4 Å². The Hall–Kier alpha value is -4.52. The summed E-state index contributed by atoms with van der Waals surface area (Å²) in [7, 11) is 0. The molecule has 0 atom stereocenters. The Kier molecular flexibility index (Phi) is 9.92. The number of carbonyl (C=O) groups is 4. The van der Waals surface area contributed by atoms with Crippen molar-refractivity contribution in [1.29, 1.82) is 0 Å². The van der Waals surface area contributed by atoms with E-state index in [9.17, 15) is 19.2 Å². The molecule has 39 heavy (non-hydrogen) atoms. The molecule has 0 saturated heterocycles. The van der Waals surface area contributed by atoms with E-state index < -0.39 is 25.5 Å². The van der Waals surface area contributed by atoms with Crippen LogP contribution in [0, 0.1) is 13.8 Å². The predicted molar refractivity (Wildman–Crippen MR) is 141 cm³/mol. The summed E-state index contributed by atoms with van der Waals surface area (Å²) >= 11 is 0. The van der Waals surface area contributed by atoms with Crippen LogP contribution in [0.2, 0.25) is 0 Å². The zero-order chi connectivity index (χ0) is 28.5. The number of esters is 1. The molecule has 2 aromatic heterocycles. The maximum absolute atomic E-state index is 13.5. The van der Waals surface area contributed by atoms with E-state index >= 15 is 0 Å². The van der Waals surface area contributed by atoms with Gasteiger partial charge in [0, 0.05) is 24.8 Å². The van der Waals surface area contributed by atoms with Crippen LogP contribution in [0.1, 0.15) is 58.5 Å². The third-order valence-electron chi connectivity index (χ3n) is 5.76. The van der Waals surface area contributed by atoms with Crippen molar-refractivity contribution in [1.82, 2.24) is 25.2 Å². The second-order valence-electron chi connectivity index (χ2n) is 8.60. The molecule has 1 aromatic carbocycles. The van der Waals surface area contributed by atoms with Crippen LogP contribution in [0.4, 0.5) is 16.3 Å². The van der Waals surface area contributed by atoms with Gasteiger partial charge in [-0.2, -0.15) is 5.10 Å². The van der Waals surface area contributed by atoms with E-state index in [1.54, 1.807) is 26.0 Å². The summed E-state index contributed by atoms with van der Waals surface area (Å²) in [6.45, 7) is 6.62. The first-order valence-electron chi connectivity index (χ1n) is 12.5. The van der Waals surface area contributed by atoms with E-state index in [1.165, 1.54) is 23.1 Å². The molecule has 3 amide bonds. The Morgan fingerprint density at radius 1 is 1.03 bits per heavy atom. The Balaban J connectivity index is 2.15. The van der Waals surface area contributed by atoms with E-state index in [2.05, 4.69) is 20.7 Å². The lowest BCUT2D eigenvalue weighted by atomic mass is 10.1. The molecule has 0 bridgehead atoms. The van der Waals surface area contributed by atoms with E-state index in [-0.39, 0.29) is 23.3 Å². The minimum absolute atomic E-state index is 0.0738. The van der Waals surface area contributed by atoms with Gasteiger partial charge >= 0.3 is 12.1 Å². The van der Waals surface area contributed by atoms with Gasteiger partial charge in [0.15, 0.2) is 5.82 Å². The Labute approximate surface area is 225 Å². The number of aliphatic hydroxyl groups excluding tert-OH is 1. The number of carbonyl (C=O) groups excluding carboxylic acids is 4. The van der Waals surface area contributed by atoms with Crippen molar-refractivity contribution in [3.8, 4) is 0 Å². The molecule has 0 radical (unpaired) electrons. The van der Waals surface area contributed by atoms with Gasteiger partial charge in [-0.1, -0.05) is 19.9 Å². The normalized spacial score (nSPS) is 10.7. The molecule has 3 rings (SSSR count). The molecule has 3 aromatic rings. The second kappa shape index (κ2) is 13.3. The highest BCUT2D eigenvalue weighted by Gasteiger charge is 2.29. The molecule has 13 nitrogen and oxygen atoms in total. The van der Waals surface area contributed by atoms with Crippen molar-refractivity contribution in [3.05, 3.63) is 53.0 Å². The molecule has 0 fully saturated rings. The number of rotatable bonds is 11. The van der Waals surface area contributed by atoms with Gasteiger partial charge in [-0.15, -0.1) is 0 Å². The quantitative estimate of drug-likeness (QED) is 0.245. The van der Waals surface area contributed by atoms with E-state index in [0.29, 0.717) is 40.9 Å². The van der Waals surface area contributed by atoms with Crippen LogP contribution in [-0.2, 0) is 14.3 Å². The molecule has 208 valence electrons. The van der Waals surface area contributed by atoms with E-state index in [4.69, 9.17) is 14.6 Å². The van der Waals surface area contributed by atoms with Crippen LogP contribution in [0.15, 0.2) is 30.7 Å². The molecule has 0 spiro atoms. The van der Waals surface area contributed by atoms with Gasteiger partial charge in [-0.25, -0.2) is 24.0 Å². The molecular formula is C26H32N6O7. The molecule has 3 N–H and O–H groups in total. The summed E-state index contributed by atoms with van der Waals surface area (Å²) < 4.78 is 11.3. The first-order valence-corrected chi connectivity index (χ1v) is 12.5. The first kappa shape index (κ1) is 29.0. The smallest absolute Gasteiger partial charge is 0.423 e. The van der Waals surface area contributed by atoms with Gasteiger partial charge in [-0.3, -0.25) is 9.59 Å². The highest BCUT2D eigenvalue weighted by Crippen LogP contribution is 2.34. The highest BCUT2D eigenvalue weighted by atomic mass is 16.7. The average molecular weight is 541 g/mol. The van der Waals surface area contributed by atoms with Crippen molar-refractivity contribution >= 4 is 40.9 Å². The number of ether oxygens (including phenoxy) is 2. The number of hydrogen-bond acceptors (Lipinski definition) is 9. The number of fused-ring (bicyclic) bond motifs is 1. The van der Waals surface area contributed by atoms with Gasteiger partial charge in [0.25, 0.3) is 11.8 Å². The molecule has 13 heteroatoms. The summed E-state index contributed by atoms with van der Waals surface area (Å²) in [4.78, 5) is 55.7. The largest absolute Gasteiger partial charge is 0.426 e. The molecule has 0 aliphatic heterocycles. The standard InChI is InChI=1S/C26H32N6O7/c1-5-9-27-24(35)18-8-7-16(3)20(11-18)32(26(37)39-15-38-21(34)13-33)23-22-17(4)19(25(36)28-10-6-2)12-31(22)30-14-29-23/h7-8,11-12,14,33H,5-6,9-10,13,15H2,1-4H3,(H,27,35)(H,28,36). The van der Waals surface area contributed by atoms with Gasteiger partial charge in [0.1, 0.15) is 18.5 Å². The Bertz CT molecular complexity index is 1370. The number of nitrogens with one attached hydrogen (secondary N) is 2.